The molecule has 102 valence electrons. The van der Waals surface area contributed by atoms with Crippen LogP contribution in [0.1, 0.15) is 25.6 Å². The van der Waals surface area contributed by atoms with E-state index >= 15 is 0 Å². The Kier molecular flexibility index (Phi) is 5.05. The van der Waals surface area contributed by atoms with E-state index in [0.29, 0.717) is 15.7 Å². The Morgan fingerprint density at radius 2 is 2.00 bits per heavy atom. The first-order chi connectivity index (χ1) is 9.11. The van der Waals surface area contributed by atoms with Gasteiger partial charge in [-0.05, 0) is 25.6 Å². The van der Waals surface area contributed by atoms with E-state index in [1.165, 1.54) is 11.3 Å². The second-order valence-electron chi connectivity index (χ2n) is 4.08. The van der Waals surface area contributed by atoms with Crippen molar-refractivity contribution in [1.29, 1.82) is 0 Å². The molecule has 0 saturated heterocycles. The van der Waals surface area contributed by atoms with Gasteiger partial charge in [0.1, 0.15) is 0 Å². The van der Waals surface area contributed by atoms with Crippen LogP contribution in [0.25, 0.3) is 0 Å². The zero-order valence-corrected chi connectivity index (χ0v) is 13.0. The fraction of sp³-hybridized carbons (Fsp3) is 0.308. The monoisotopic (exact) mass is 315 g/mol. The summed E-state index contributed by atoms with van der Waals surface area (Å²) in [5.74, 6) is 0. The van der Waals surface area contributed by atoms with E-state index in [2.05, 4.69) is 29.5 Å². The van der Waals surface area contributed by atoms with E-state index in [1.54, 1.807) is 12.1 Å². The van der Waals surface area contributed by atoms with Gasteiger partial charge in [-0.25, -0.2) is 4.98 Å². The Morgan fingerprint density at radius 1 is 1.32 bits per heavy atom. The Bertz CT molecular complexity index is 536. The minimum Gasteiger partial charge on any atom is -0.329 e. The first-order valence-electron chi connectivity index (χ1n) is 6.01. The molecule has 3 nitrogen and oxygen atoms in total. The van der Waals surface area contributed by atoms with E-state index in [1.807, 2.05) is 11.4 Å². The van der Waals surface area contributed by atoms with Crippen molar-refractivity contribution in [2.75, 3.05) is 11.9 Å². The van der Waals surface area contributed by atoms with Crippen molar-refractivity contribution < 1.29 is 0 Å². The highest BCUT2D eigenvalue weighted by atomic mass is 35.5. The molecule has 0 bridgehead atoms. The van der Waals surface area contributed by atoms with Gasteiger partial charge in [0.25, 0.3) is 0 Å². The van der Waals surface area contributed by atoms with Gasteiger partial charge >= 0.3 is 0 Å². The number of thiazole rings is 1. The van der Waals surface area contributed by atoms with E-state index in [4.69, 9.17) is 23.2 Å². The second-order valence-corrected chi connectivity index (χ2v) is 5.75. The highest BCUT2D eigenvalue weighted by molar-refractivity contribution is 7.13. The molecular weight excluding hydrogens is 301 g/mol. The van der Waals surface area contributed by atoms with Crippen molar-refractivity contribution in [3.05, 3.63) is 39.3 Å². The van der Waals surface area contributed by atoms with Gasteiger partial charge in [-0.3, -0.25) is 0 Å². The molecule has 0 fully saturated rings. The molecule has 1 aromatic heterocycles. The van der Waals surface area contributed by atoms with E-state index in [0.717, 1.165) is 17.4 Å². The Balaban J connectivity index is 2.16. The minimum absolute atomic E-state index is 0.235. The average molecular weight is 316 g/mol. The van der Waals surface area contributed by atoms with E-state index in [9.17, 15) is 0 Å². The fourth-order valence-corrected chi connectivity index (χ4v) is 2.98. The second kappa shape index (κ2) is 6.57. The molecule has 1 aromatic carbocycles. The van der Waals surface area contributed by atoms with Crippen molar-refractivity contribution in [3.63, 3.8) is 0 Å². The van der Waals surface area contributed by atoms with Gasteiger partial charge in [-0.15, -0.1) is 11.3 Å². The number of halogens is 2. The van der Waals surface area contributed by atoms with Crippen molar-refractivity contribution >= 4 is 45.4 Å². The van der Waals surface area contributed by atoms with Crippen LogP contribution in [0.15, 0.2) is 23.6 Å². The molecule has 1 heterocycles. The number of hydrogen-bond acceptors (Lipinski definition) is 4. The van der Waals surface area contributed by atoms with Crippen LogP contribution in [0.4, 0.5) is 10.8 Å². The lowest BCUT2D eigenvalue weighted by Crippen LogP contribution is -2.17. The molecule has 0 aliphatic carbocycles. The molecule has 2 aromatic rings. The molecule has 6 heteroatoms. The summed E-state index contributed by atoms with van der Waals surface area (Å²) < 4.78 is 0. The lowest BCUT2D eigenvalue weighted by molar-refractivity contribution is 0.587. The zero-order chi connectivity index (χ0) is 13.8. The van der Waals surface area contributed by atoms with Crippen LogP contribution in [0, 0.1) is 0 Å². The summed E-state index contributed by atoms with van der Waals surface area (Å²) in [4.78, 5) is 4.53. The number of nitrogens with one attached hydrogen (secondary N) is 2. The maximum Gasteiger partial charge on any atom is 0.187 e. The summed E-state index contributed by atoms with van der Waals surface area (Å²) in [7, 11) is 0. The van der Waals surface area contributed by atoms with Crippen LogP contribution < -0.4 is 10.6 Å². The summed E-state index contributed by atoms with van der Waals surface area (Å²) in [5, 5.41) is 10.5. The van der Waals surface area contributed by atoms with Crippen molar-refractivity contribution in [2.45, 2.75) is 19.9 Å². The maximum absolute atomic E-state index is 6.12. The van der Waals surface area contributed by atoms with Crippen molar-refractivity contribution in [1.82, 2.24) is 10.3 Å². The molecule has 19 heavy (non-hydrogen) atoms. The number of benzene rings is 1. The number of aromatic nitrogens is 1. The molecule has 0 spiro atoms. The van der Waals surface area contributed by atoms with Gasteiger partial charge in [0.05, 0.1) is 21.4 Å². The third kappa shape index (κ3) is 3.60. The standard InChI is InChI=1S/C13H15Cl2N3S/c1-3-16-8(2)11-7-19-13(17-11)18-12-9(14)5-4-6-10(12)15/h4-8,16H,3H2,1-2H3,(H,17,18). The summed E-state index contributed by atoms with van der Waals surface area (Å²) >= 11 is 13.8. The topological polar surface area (TPSA) is 37.0 Å². The molecule has 1 unspecified atom stereocenters. The predicted molar refractivity (Wildman–Crippen MR) is 84.0 cm³/mol. The highest BCUT2D eigenvalue weighted by Crippen LogP contribution is 2.33. The Labute approximate surface area is 127 Å². The highest BCUT2D eigenvalue weighted by Gasteiger charge is 2.11. The first kappa shape index (κ1) is 14.6. The lowest BCUT2D eigenvalue weighted by atomic mass is 10.2. The minimum atomic E-state index is 0.235. The summed E-state index contributed by atoms with van der Waals surface area (Å²) in [6.45, 7) is 5.08. The van der Waals surface area contributed by atoms with Gasteiger partial charge in [0.2, 0.25) is 0 Å². The van der Waals surface area contributed by atoms with Gasteiger partial charge in [-0.1, -0.05) is 36.2 Å². The molecule has 0 aliphatic heterocycles. The number of hydrogen-bond donors (Lipinski definition) is 2. The number of rotatable bonds is 5. The molecule has 0 radical (unpaired) electrons. The normalized spacial score (nSPS) is 12.4. The summed E-state index contributed by atoms with van der Waals surface area (Å²) in [5.41, 5.74) is 1.71. The van der Waals surface area contributed by atoms with Gasteiger partial charge in [0.15, 0.2) is 5.13 Å². The molecule has 0 aliphatic rings. The fourth-order valence-electron chi connectivity index (χ4n) is 1.68. The lowest BCUT2D eigenvalue weighted by Gasteiger charge is -2.09. The van der Waals surface area contributed by atoms with E-state index in [-0.39, 0.29) is 6.04 Å². The third-order valence-corrected chi connectivity index (χ3v) is 4.08. The maximum atomic E-state index is 6.12. The largest absolute Gasteiger partial charge is 0.329 e. The van der Waals surface area contributed by atoms with Crippen LogP contribution in [0.5, 0.6) is 0 Å². The van der Waals surface area contributed by atoms with Crippen molar-refractivity contribution in [2.24, 2.45) is 0 Å². The number of nitrogens with zero attached hydrogens (tertiary/aromatic N) is 1. The van der Waals surface area contributed by atoms with Crippen molar-refractivity contribution in [3.8, 4) is 0 Å². The summed E-state index contributed by atoms with van der Waals surface area (Å²) in [6.07, 6.45) is 0. The number of anilines is 2. The number of para-hydroxylation sites is 1. The first-order valence-corrected chi connectivity index (χ1v) is 7.65. The van der Waals surface area contributed by atoms with Crippen LogP contribution >= 0.6 is 34.5 Å². The van der Waals surface area contributed by atoms with Gasteiger partial charge in [0, 0.05) is 11.4 Å². The Hall–Kier alpha value is -0.810. The SMILES string of the molecule is CCNC(C)c1csc(Nc2c(Cl)cccc2Cl)n1. The van der Waals surface area contributed by atoms with Crippen LogP contribution in [-0.2, 0) is 0 Å². The molecule has 0 saturated carbocycles. The van der Waals surface area contributed by atoms with Crippen LogP contribution in [-0.4, -0.2) is 11.5 Å². The smallest absolute Gasteiger partial charge is 0.187 e. The van der Waals surface area contributed by atoms with Gasteiger partial charge < -0.3 is 10.6 Å². The average Bonchev–Trinajstić information content (AvgIpc) is 2.83. The van der Waals surface area contributed by atoms with Crippen LogP contribution in [0.3, 0.4) is 0 Å². The Morgan fingerprint density at radius 3 is 2.63 bits per heavy atom. The summed E-state index contributed by atoms with van der Waals surface area (Å²) in [6, 6.07) is 5.64. The zero-order valence-electron chi connectivity index (χ0n) is 10.7. The quantitative estimate of drug-likeness (QED) is 0.827. The predicted octanol–water partition coefficient (Wildman–Crippen LogP) is 4.86. The molecule has 1 atom stereocenters. The van der Waals surface area contributed by atoms with Crippen LogP contribution in [0.2, 0.25) is 10.0 Å². The molecule has 0 amide bonds. The third-order valence-electron chi connectivity index (χ3n) is 2.67. The van der Waals surface area contributed by atoms with Gasteiger partial charge in [-0.2, -0.15) is 0 Å². The van der Waals surface area contributed by atoms with E-state index < -0.39 is 0 Å². The molecular formula is C13H15Cl2N3S. The molecule has 2 N–H and O–H groups in total. The molecule has 2 rings (SSSR count).